The van der Waals surface area contributed by atoms with Gasteiger partial charge in [0.1, 0.15) is 139 Å². The molecule has 12 N–H and O–H groups in total. The Labute approximate surface area is 750 Å². The molecule has 0 radical (unpaired) electrons. The van der Waals surface area contributed by atoms with Crippen molar-refractivity contribution >= 4 is 165 Å². The number of benzene rings is 6. The van der Waals surface area contributed by atoms with E-state index in [-0.39, 0.29) is 49.4 Å². The Morgan fingerprint density at radius 3 is 0.917 bits per heavy atom. The highest BCUT2D eigenvalue weighted by molar-refractivity contribution is 7.93. The minimum Gasteiger partial charge on any atom is -0.341 e. The van der Waals surface area contributed by atoms with E-state index in [2.05, 4.69) is 140 Å². The maximum atomic E-state index is 15.4. The first-order valence-corrected chi connectivity index (χ1v) is 45.8. The predicted molar refractivity (Wildman–Crippen MR) is 480 cm³/mol. The number of rotatable bonds is 25. The number of H-pyrrole nitrogens is 4. The molecule has 6 aromatic carbocycles. The van der Waals surface area contributed by atoms with Gasteiger partial charge in [-0.15, -0.1) is 0 Å². The molecule has 0 spiro atoms. The lowest BCUT2D eigenvalue weighted by Crippen LogP contribution is -2.17. The van der Waals surface area contributed by atoms with Crippen LogP contribution in [0.5, 0.6) is 0 Å². The van der Waals surface area contributed by atoms with Gasteiger partial charge in [0.15, 0.2) is 45.9 Å². The van der Waals surface area contributed by atoms with E-state index in [1.54, 1.807) is 79.0 Å². The van der Waals surface area contributed by atoms with Crippen molar-refractivity contribution in [3.63, 3.8) is 0 Å². The maximum Gasteiger partial charge on any atom is 0.262 e. The van der Waals surface area contributed by atoms with Crippen molar-refractivity contribution in [3.05, 3.63) is 296 Å². The van der Waals surface area contributed by atoms with Crippen molar-refractivity contribution in [2.45, 2.75) is 35.0 Å². The van der Waals surface area contributed by atoms with Gasteiger partial charge in [-0.2, -0.15) is 11.3 Å². The molecule has 49 heteroatoms. The van der Waals surface area contributed by atoms with Crippen molar-refractivity contribution in [1.82, 2.24) is 99.7 Å². The third-order valence-electron chi connectivity index (χ3n) is 19.1. The summed E-state index contributed by atoms with van der Waals surface area (Å²) in [5.41, 5.74) is 4.09. The number of nitrogens with zero attached hydrogens (tertiary/aromatic N) is 16. The fraction of sp³-hybridized carbons (Fsp3) is 0.0476. The normalized spacial score (nSPS) is 11.5. The van der Waals surface area contributed by atoms with E-state index in [0.717, 1.165) is 54.1 Å². The zero-order chi connectivity index (χ0) is 93.3. The van der Waals surface area contributed by atoms with E-state index in [0.29, 0.717) is 96.1 Å². The molecule has 0 saturated carbocycles. The molecule has 0 bridgehead atoms. The van der Waals surface area contributed by atoms with E-state index < -0.39 is 126 Å². The number of pyridine rings is 4. The van der Waals surface area contributed by atoms with Crippen LogP contribution in [0.4, 0.5) is 104 Å². The molecule has 0 aliphatic rings. The van der Waals surface area contributed by atoms with Crippen molar-refractivity contribution in [3.8, 4) is 45.0 Å². The number of thiophene rings is 1. The topological polar surface area (TPSA) is 502 Å². The summed E-state index contributed by atoms with van der Waals surface area (Å²) >= 11 is 1.18. The van der Waals surface area contributed by atoms with Crippen molar-refractivity contribution in [1.29, 1.82) is 0 Å². The standard InChI is InChI=1S/C23H17F2N7O2S.C22H15F2N7O2S.C20H13F2N7O2S2.C19H17F2N7O2S/c1-13-4-6-14(7-5-13)35(33,34)32-17-9-8-16(24)20(18(17)25)31-22-15(3-2-10-26-22)19-21-23(29-11-27-19)30-12-28-21;23-15-8-9-16(31-34(32,33)13-5-2-1-3-6-13)17(24)19(15)30-21-14(7-4-10-25-21)18-20-22(28-11-26-18)29-12-27-20;21-13-3-4-14(29-33(30,31)11-5-7-32-8-11)15(22)17(13)28-19-12(2-1-6-23-19)16-18-20(26-9-24-16)27-10-25-18;1-2-8-31(29,30)28-13-6-5-12(20)16(14(13)21)27-18-11(4-3-7-22-18)15-17-19(25-9-23-15)26-10-24-17/h2-12,32H,1H3,(H,26,31)(H,27,28,29,30);1-12,31H,(H,25,30)(H,26,27,28,29);1-10,29H,(H,23,28)(H,24,25,26,27);3-7,9-10,28H,2,8H2,1H3,(H,22,27)(H,23,24,25,26). The van der Waals surface area contributed by atoms with Crippen LogP contribution < -0.4 is 40.2 Å². The average Bonchev–Trinajstić information content (AvgIpc) is 1.59. The lowest BCUT2D eigenvalue weighted by atomic mass is 10.1. The summed E-state index contributed by atoms with van der Waals surface area (Å²) in [6.07, 6.45) is 17.2. The second-order valence-corrected chi connectivity index (χ2v) is 35.5. The van der Waals surface area contributed by atoms with Gasteiger partial charge in [-0.25, -0.2) is 149 Å². The second kappa shape index (κ2) is 38.4. The van der Waals surface area contributed by atoms with Gasteiger partial charge in [0.05, 0.1) is 68.5 Å². The Balaban J connectivity index is 0.000000129. The monoisotopic (exact) mass is 1900 g/mol. The number of halogens is 8. The zero-order valence-corrected chi connectivity index (χ0v) is 72.1. The van der Waals surface area contributed by atoms with Crippen LogP contribution in [0.1, 0.15) is 18.9 Å². The fourth-order valence-electron chi connectivity index (χ4n) is 12.9. The van der Waals surface area contributed by atoms with Gasteiger partial charge in [0.2, 0.25) is 10.0 Å². The molecule has 0 unspecified atom stereocenters. The summed E-state index contributed by atoms with van der Waals surface area (Å²) in [6.45, 7) is 3.49. The van der Waals surface area contributed by atoms with Gasteiger partial charge in [-0.05, 0) is 146 Å². The van der Waals surface area contributed by atoms with Gasteiger partial charge in [0, 0.05) is 52.4 Å². The Morgan fingerprint density at radius 2 is 0.617 bits per heavy atom. The summed E-state index contributed by atoms with van der Waals surface area (Å²) in [4.78, 5) is 77.9. The number of imidazole rings is 4. The minimum absolute atomic E-state index is 0.0231. The Hall–Kier alpha value is -16.5. The third-order valence-corrected chi connectivity index (χ3v) is 25.6. The summed E-state index contributed by atoms with van der Waals surface area (Å²) in [5.74, 6) is -7.99. The molecule has 0 fully saturated rings. The highest BCUT2D eigenvalue weighted by Crippen LogP contribution is 2.41. The van der Waals surface area contributed by atoms with E-state index in [1.807, 2.05) is 6.92 Å². The van der Waals surface area contributed by atoms with Gasteiger partial charge in [0.25, 0.3) is 30.1 Å². The molecule has 672 valence electrons. The summed E-state index contributed by atoms with van der Waals surface area (Å²) in [5, 5.41) is 13.5. The molecule has 0 aliphatic carbocycles. The molecule has 0 atom stereocenters. The molecule has 0 saturated heterocycles. The van der Waals surface area contributed by atoms with Crippen LogP contribution in [0.3, 0.4) is 0 Å². The van der Waals surface area contributed by atoms with Crippen LogP contribution in [-0.2, 0) is 40.1 Å². The van der Waals surface area contributed by atoms with Crippen LogP contribution >= 0.6 is 11.3 Å². The number of aryl methyl sites for hydroxylation is 1. The van der Waals surface area contributed by atoms with Crippen LogP contribution in [0.25, 0.3) is 89.7 Å². The van der Waals surface area contributed by atoms with E-state index in [1.165, 1.54) is 135 Å². The largest absolute Gasteiger partial charge is 0.341 e. The predicted octanol–water partition coefficient (Wildman–Crippen LogP) is 16.7. The number of fused-ring (bicyclic) bond motifs is 4. The average molecular weight is 1900 g/mol. The highest BCUT2D eigenvalue weighted by atomic mass is 32.2. The van der Waals surface area contributed by atoms with Crippen molar-refractivity contribution < 1.29 is 68.8 Å². The fourth-order valence-corrected chi connectivity index (χ4v) is 18.3. The zero-order valence-electron chi connectivity index (χ0n) is 68.0. The number of nitrogens with one attached hydrogen (secondary N) is 12. The number of anilines is 12. The van der Waals surface area contributed by atoms with Crippen LogP contribution in [0, 0.1) is 53.5 Å². The van der Waals surface area contributed by atoms with Crippen LogP contribution in [0.2, 0.25) is 0 Å². The lowest BCUT2D eigenvalue weighted by molar-refractivity contribution is 0.588. The number of aromatic amines is 4. The summed E-state index contributed by atoms with van der Waals surface area (Å²) < 4.78 is 228. The quantitative estimate of drug-likeness (QED) is 0.0236. The molecule has 133 heavy (non-hydrogen) atoms. The SMILES string of the molecule is CCCS(=O)(=O)Nc1ccc(F)c(Nc2ncccc2-c2ncnc3nc[nH]c23)c1F.Cc1ccc(S(=O)(=O)Nc2ccc(F)c(Nc3ncccc3-c3ncnc4nc[nH]c34)c2F)cc1.O=S(=O)(Nc1ccc(F)c(Nc2ncccc2-c2ncnc3nc[nH]c23)c1F)c1ccccc1.O=S(=O)(Nc1ccc(F)c(Nc2ncccc2-c2ncnc3nc[nH]c23)c1F)c1ccsc1. The van der Waals surface area contributed by atoms with Gasteiger partial charge < -0.3 is 41.2 Å². The van der Waals surface area contributed by atoms with E-state index in [9.17, 15) is 51.2 Å². The molecule has 0 aliphatic heterocycles. The lowest BCUT2D eigenvalue weighted by Gasteiger charge is -2.15. The Kier molecular flexibility index (Phi) is 25.9. The molecule has 36 nitrogen and oxygen atoms in total. The Morgan fingerprint density at radius 1 is 0.316 bits per heavy atom. The van der Waals surface area contributed by atoms with E-state index in [4.69, 9.17) is 0 Å². The van der Waals surface area contributed by atoms with Crippen molar-refractivity contribution in [2.75, 3.05) is 45.9 Å². The number of aromatic nitrogens is 20. The highest BCUT2D eigenvalue weighted by Gasteiger charge is 2.29. The third kappa shape index (κ3) is 19.7. The van der Waals surface area contributed by atoms with Crippen molar-refractivity contribution in [2.24, 2.45) is 0 Å². The summed E-state index contributed by atoms with van der Waals surface area (Å²) in [7, 11) is -16.0. The molecule has 13 heterocycles. The van der Waals surface area contributed by atoms with Crippen LogP contribution in [0.15, 0.2) is 259 Å². The number of hydrogen-bond acceptors (Lipinski definition) is 29. The van der Waals surface area contributed by atoms with Gasteiger partial charge in [-0.1, -0.05) is 42.8 Å². The smallest absolute Gasteiger partial charge is 0.262 e. The number of hydrogen-bond donors (Lipinski definition) is 12. The first-order chi connectivity index (χ1) is 64.1. The molecular weight excluding hydrogens is 1840 g/mol. The first-order valence-electron chi connectivity index (χ1n) is 38.7. The van der Waals surface area contributed by atoms with Gasteiger partial charge in [-0.3, -0.25) is 18.9 Å². The first kappa shape index (κ1) is 89.8. The second-order valence-electron chi connectivity index (χ2n) is 27.9. The molecule has 13 aromatic heterocycles. The molecular formula is C84H62F8N28O8S5. The molecule has 0 amide bonds. The maximum absolute atomic E-state index is 15.4. The molecule has 19 aromatic rings. The minimum atomic E-state index is -4.11. The Bertz CT molecular complexity index is 8070. The number of sulfonamides is 4. The van der Waals surface area contributed by atoms with E-state index >= 15 is 17.6 Å². The van der Waals surface area contributed by atoms with Crippen LogP contribution in [-0.4, -0.2) is 139 Å². The summed E-state index contributed by atoms with van der Waals surface area (Å²) in [6, 6.07) is 36.0. The van der Waals surface area contributed by atoms with Gasteiger partial charge >= 0.3 is 0 Å². The molecule has 19 rings (SSSR count).